The van der Waals surface area contributed by atoms with Crippen LogP contribution in [0.2, 0.25) is 0 Å². The Kier molecular flexibility index (Phi) is 3.78. The van der Waals surface area contributed by atoms with E-state index in [4.69, 9.17) is 10.2 Å². The Hall–Kier alpha value is -2.82. The fourth-order valence-electron chi connectivity index (χ4n) is 1.53. The lowest BCUT2D eigenvalue weighted by atomic mass is 10.1. The predicted octanol–water partition coefficient (Wildman–Crippen LogP) is 2.03. The Morgan fingerprint density at radius 2 is 1.95 bits per heavy atom. The van der Waals surface area contributed by atoms with Crippen LogP contribution in [0.4, 0.5) is 5.69 Å². The van der Waals surface area contributed by atoms with Crippen LogP contribution in [0, 0.1) is 0 Å². The number of anilines is 1. The highest BCUT2D eigenvalue weighted by atomic mass is 16.3. The number of furan rings is 1. The number of hydrogen-bond acceptors (Lipinski definition) is 3. The van der Waals surface area contributed by atoms with Gasteiger partial charge in [0.2, 0.25) is 5.91 Å². The van der Waals surface area contributed by atoms with E-state index in [1.165, 1.54) is 18.4 Å². The number of benzene rings is 1. The quantitative estimate of drug-likeness (QED) is 0.821. The van der Waals surface area contributed by atoms with Crippen molar-refractivity contribution in [3.05, 3.63) is 60.1 Å². The van der Waals surface area contributed by atoms with Crippen molar-refractivity contribution in [2.75, 3.05) is 5.32 Å². The van der Waals surface area contributed by atoms with Gasteiger partial charge in [-0.2, -0.15) is 0 Å². The van der Waals surface area contributed by atoms with Crippen LogP contribution in [0.3, 0.4) is 0 Å². The average Bonchev–Trinajstić information content (AvgIpc) is 2.90. The molecule has 2 amide bonds. The predicted molar refractivity (Wildman–Crippen MR) is 71.3 cm³/mol. The lowest BCUT2D eigenvalue weighted by Crippen LogP contribution is -2.16. The highest BCUT2D eigenvalue weighted by Gasteiger charge is 2.08. The van der Waals surface area contributed by atoms with Crippen LogP contribution in [-0.4, -0.2) is 11.8 Å². The van der Waals surface area contributed by atoms with Crippen molar-refractivity contribution in [2.45, 2.75) is 0 Å². The van der Waals surface area contributed by atoms with Crippen LogP contribution in [0.1, 0.15) is 16.1 Å². The van der Waals surface area contributed by atoms with Gasteiger partial charge in [0.1, 0.15) is 5.76 Å². The molecule has 0 radical (unpaired) electrons. The molecule has 96 valence electrons. The molecule has 0 aliphatic rings. The highest BCUT2D eigenvalue weighted by molar-refractivity contribution is 6.07. The molecule has 0 fully saturated rings. The Balaban J connectivity index is 2.09. The fraction of sp³-hybridized carbons (Fsp3) is 0. The molecule has 0 aliphatic heterocycles. The highest BCUT2D eigenvalue weighted by Crippen LogP contribution is 2.14. The third-order valence-electron chi connectivity index (χ3n) is 2.39. The molecule has 0 unspecified atom stereocenters. The van der Waals surface area contributed by atoms with Crippen LogP contribution in [0.25, 0.3) is 6.08 Å². The summed E-state index contributed by atoms with van der Waals surface area (Å²) in [5.41, 5.74) is 5.86. The van der Waals surface area contributed by atoms with Gasteiger partial charge in [0, 0.05) is 6.08 Å². The second kappa shape index (κ2) is 5.68. The summed E-state index contributed by atoms with van der Waals surface area (Å²) in [7, 11) is 0. The van der Waals surface area contributed by atoms with E-state index in [1.807, 2.05) is 0 Å². The molecule has 1 heterocycles. The third-order valence-corrected chi connectivity index (χ3v) is 2.39. The van der Waals surface area contributed by atoms with Gasteiger partial charge >= 0.3 is 0 Å². The number of nitrogens with two attached hydrogens (primary N) is 1. The Labute approximate surface area is 109 Å². The maximum Gasteiger partial charge on any atom is 0.250 e. The number of rotatable bonds is 4. The van der Waals surface area contributed by atoms with Gasteiger partial charge in [-0.3, -0.25) is 9.59 Å². The first-order chi connectivity index (χ1) is 9.16. The van der Waals surface area contributed by atoms with Crippen molar-refractivity contribution >= 4 is 23.6 Å². The first-order valence-corrected chi connectivity index (χ1v) is 5.58. The molecular formula is C14H12N2O3. The number of primary amides is 1. The van der Waals surface area contributed by atoms with Gasteiger partial charge in [-0.15, -0.1) is 0 Å². The first-order valence-electron chi connectivity index (χ1n) is 5.58. The number of amides is 2. The monoisotopic (exact) mass is 256 g/mol. The molecule has 0 aliphatic carbocycles. The molecule has 1 aromatic heterocycles. The summed E-state index contributed by atoms with van der Waals surface area (Å²) in [5.74, 6) is -0.394. The minimum atomic E-state index is -0.592. The summed E-state index contributed by atoms with van der Waals surface area (Å²) < 4.78 is 5.06. The van der Waals surface area contributed by atoms with Gasteiger partial charge in [0.15, 0.2) is 0 Å². The van der Waals surface area contributed by atoms with Crippen LogP contribution >= 0.6 is 0 Å². The third kappa shape index (κ3) is 3.32. The second-order valence-electron chi connectivity index (χ2n) is 3.75. The van der Waals surface area contributed by atoms with Crippen molar-refractivity contribution in [3.8, 4) is 0 Å². The molecule has 1 aromatic carbocycles. The first kappa shape index (κ1) is 12.6. The molecule has 19 heavy (non-hydrogen) atoms. The normalized spacial score (nSPS) is 10.5. The zero-order valence-corrected chi connectivity index (χ0v) is 10.00. The van der Waals surface area contributed by atoms with E-state index in [9.17, 15) is 9.59 Å². The van der Waals surface area contributed by atoms with Gasteiger partial charge in [-0.05, 0) is 30.3 Å². The molecule has 5 heteroatoms. The Morgan fingerprint density at radius 1 is 1.16 bits per heavy atom. The molecule has 0 saturated carbocycles. The SMILES string of the molecule is NC(=O)c1ccccc1NC(=O)/C=C\c1ccco1. The molecule has 0 atom stereocenters. The Bertz CT molecular complexity index is 615. The zero-order chi connectivity index (χ0) is 13.7. The molecule has 5 nitrogen and oxygen atoms in total. The van der Waals surface area contributed by atoms with Gasteiger partial charge < -0.3 is 15.5 Å². The Morgan fingerprint density at radius 3 is 2.63 bits per heavy atom. The van der Waals surface area contributed by atoms with Crippen molar-refractivity contribution < 1.29 is 14.0 Å². The van der Waals surface area contributed by atoms with Gasteiger partial charge in [-0.25, -0.2) is 0 Å². The molecule has 2 aromatic rings. The topological polar surface area (TPSA) is 85.3 Å². The summed E-state index contributed by atoms with van der Waals surface area (Å²) in [4.78, 5) is 22.9. The van der Waals surface area contributed by atoms with Gasteiger partial charge in [-0.1, -0.05) is 12.1 Å². The number of carbonyl (C=O) groups is 2. The van der Waals surface area contributed by atoms with Crippen LogP contribution in [0.5, 0.6) is 0 Å². The van der Waals surface area contributed by atoms with Crippen molar-refractivity contribution in [1.29, 1.82) is 0 Å². The number of carbonyl (C=O) groups excluding carboxylic acids is 2. The standard InChI is InChI=1S/C14H12N2O3/c15-14(18)11-5-1-2-6-12(11)16-13(17)8-7-10-4-3-9-19-10/h1-9H,(H2,15,18)(H,16,17)/b8-7-. The molecule has 3 N–H and O–H groups in total. The molecule has 0 saturated heterocycles. The maximum absolute atomic E-state index is 11.7. The molecule has 0 spiro atoms. The maximum atomic E-state index is 11.7. The summed E-state index contributed by atoms with van der Waals surface area (Å²) in [6.07, 6.45) is 4.36. The minimum absolute atomic E-state index is 0.266. The largest absolute Gasteiger partial charge is 0.465 e. The lowest BCUT2D eigenvalue weighted by Gasteiger charge is -2.06. The molecule has 2 rings (SSSR count). The van der Waals surface area contributed by atoms with Crippen LogP contribution in [-0.2, 0) is 4.79 Å². The van der Waals surface area contributed by atoms with E-state index in [0.29, 0.717) is 11.4 Å². The van der Waals surface area contributed by atoms with E-state index in [1.54, 1.807) is 36.4 Å². The minimum Gasteiger partial charge on any atom is -0.465 e. The van der Waals surface area contributed by atoms with Crippen LogP contribution < -0.4 is 11.1 Å². The summed E-state index contributed by atoms with van der Waals surface area (Å²) in [5, 5.41) is 2.59. The summed E-state index contributed by atoms with van der Waals surface area (Å²) in [6, 6.07) is 9.99. The van der Waals surface area contributed by atoms with E-state index in [2.05, 4.69) is 5.32 Å². The number of nitrogens with one attached hydrogen (secondary N) is 1. The fourth-order valence-corrected chi connectivity index (χ4v) is 1.53. The second-order valence-corrected chi connectivity index (χ2v) is 3.75. The number of para-hydroxylation sites is 1. The van der Waals surface area contributed by atoms with Gasteiger partial charge in [0.05, 0.1) is 17.5 Å². The van der Waals surface area contributed by atoms with E-state index in [-0.39, 0.29) is 11.5 Å². The van der Waals surface area contributed by atoms with E-state index >= 15 is 0 Å². The van der Waals surface area contributed by atoms with Crippen molar-refractivity contribution in [1.82, 2.24) is 0 Å². The smallest absolute Gasteiger partial charge is 0.250 e. The van der Waals surface area contributed by atoms with E-state index in [0.717, 1.165) is 0 Å². The van der Waals surface area contributed by atoms with Gasteiger partial charge in [0.25, 0.3) is 5.91 Å². The molecule has 0 bridgehead atoms. The number of hydrogen-bond donors (Lipinski definition) is 2. The van der Waals surface area contributed by atoms with Crippen molar-refractivity contribution in [2.24, 2.45) is 5.73 Å². The van der Waals surface area contributed by atoms with Crippen molar-refractivity contribution in [3.63, 3.8) is 0 Å². The lowest BCUT2D eigenvalue weighted by molar-refractivity contribution is -0.111. The van der Waals surface area contributed by atoms with Crippen LogP contribution in [0.15, 0.2) is 53.2 Å². The summed E-state index contributed by atoms with van der Waals surface area (Å²) in [6.45, 7) is 0. The summed E-state index contributed by atoms with van der Waals surface area (Å²) >= 11 is 0. The average molecular weight is 256 g/mol. The zero-order valence-electron chi connectivity index (χ0n) is 10.00. The molecular weight excluding hydrogens is 244 g/mol. The van der Waals surface area contributed by atoms with E-state index < -0.39 is 5.91 Å².